The van der Waals surface area contributed by atoms with Crippen LogP contribution in [0.25, 0.3) is 22.4 Å². The van der Waals surface area contributed by atoms with E-state index in [-0.39, 0.29) is 0 Å². The maximum atomic E-state index is 6.20. The van der Waals surface area contributed by atoms with Crippen molar-refractivity contribution >= 4 is 22.6 Å². The first-order valence-corrected chi connectivity index (χ1v) is 9.61. The molecule has 28 heavy (non-hydrogen) atoms. The largest absolute Gasteiger partial charge is 0.493 e. The number of rotatable bonds is 7. The fourth-order valence-electron chi connectivity index (χ4n) is 3.29. The number of halogens is 1. The monoisotopic (exact) mass is 392 g/mol. The van der Waals surface area contributed by atoms with Crippen molar-refractivity contribution in [3.05, 3.63) is 77.8 Å². The first-order valence-electron chi connectivity index (χ1n) is 9.23. The zero-order chi connectivity index (χ0) is 19.3. The van der Waals surface area contributed by atoms with Crippen LogP contribution in [0.15, 0.2) is 72.8 Å². The minimum absolute atomic E-state index is 0.585. The number of para-hydroxylation sites is 4. The van der Waals surface area contributed by atoms with Crippen LogP contribution in [0.3, 0.4) is 0 Å². The molecule has 3 aromatic carbocycles. The molecule has 0 fully saturated rings. The van der Waals surface area contributed by atoms with E-state index >= 15 is 0 Å². The molecule has 0 aliphatic heterocycles. The Hall–Kier alpha value is -2.98. The molecule has 4 rings (SSSR count). The second-order valence-corrected chi connectivity index (χ2v) is 6.88. The summed E-state index contributed by atoms with van der Waals surface area (Å²) in [4.78, 5) is 4.83. The van der Waals surface area contributed by atoms with Gasteiger partial charge in [0, 0.05) is 17.1 Å². The molecule has 0 saturated heterocycles. The number of imidazole rings is 1. The smallest absolute Gasteiger partial charge is 0.161 e. The van der Waals surface area contributed by atoms with Crippen LogP contribution in [-0.4, -0.2) is 23.3 Å². The minimum atomic E-state index is 0.585. The van der Waals surface area contributed by atoms with Gasteiger partial charge in [-0.2, -0.15) is 0 Å². The molecule has 0 amide bonds. The van der Waals surface area contributed by atoms with Crippen molar-refractivity contribution in [2.75, 3.05) is 13.7 Å². The third kappa shape index (κ3) is 3.82. The quantitative estimate of drug-likeness (QED) is 0.371. The van der Waals surface area contributed by atoms with Gasteiger partial charge in [0.15, 0.2) is 11.5 Å². The van der Waals surface area contributed by atoms with E-state index in [0.29, 0.717) is 11.6 Å². The van der Waals surface area contributed by atoms with Crippen molar-refractivity contribution in [2.45, 2.75) is 13.0 Å². The lowest BCUT2D eigenvalue weighted by atomic mass is 10.2. The van der Waals surface area contributed by atoms with Crippen molar-refractivity contribution < 1.29 is 9.47 Å². The molecule has 1 aromatic heterocycles. The van der Waals surface area contributed by atoms with Crippen LogP contribution in [-0.2, 0) is 6.54 Å². The van der Waals surface area contributed by atoms with Crippen LogP contribution < -0.4 is 9.47 Å². The number of hydrogen-bond acceptors (Lipinski definition) is 3. The molecule has 0 radical (unpaired) electrons. The van der Waals surface area contributed by atoms with E-state index in [1.807, 2.05) is 66.7 Å². The van der Waals surface area contributed by atoms with Gasteiger partial charge in [0.1, 0.15) is 5.82 Å². The van der Waals surface area contributed by atoms with Crippen LogP contribution >= 0.6 is 11.6 Å². The van der Waals surface area contributed by atoms with Crippen molar-refractivity contribution in [1.82, 2.24) is 9.55 Å². The Morgan fingerprint density at radius 3 is 2.54 bits per heavy atom. The Morgan fingerprint density at radius 2 is 1.71 bits per heavy atom. The minimum Gasteiger partial charge on any atom is -0.493 e. The predicted octanol–water partition coefficient (Wildman–Crippen LogP) is 5.83. The van der Waals surface area contributed by atoms with Gasteiger partial charge in [-0.25, -0.2) is 4.98 Å². The lowest BCUT2D eigenvalue weighted by Crippen LogP contribution is -2.06. The van der Waals surface area contributed by atoms with Crippen LogP contribution in [0.2, 0.25) is 5.02 Å². The van der Waals surface area contributed by atoms with Gasteiger partial charge in [-0.05, 0) is 42.8 Å². The molecule has 0 N–H and O–H groups in total. The molecule has 0 aliphatic rings. The van der Waals surface area contributed by atoms with Gasteiger partial charge in [-0.15, -0.1) is 0 Å². The molecule has 0 atom stereocenters. The maximum Gasteiger partial charge on any atom is 0.161 e. The second kappa shape index (κ2) is 8.36. The molecule has 1 heterocycles. The van der Waals surface area contributed by atoms with E-state index in [1.165, 1.54) is 0 Å². The number of ether oxygens (including phenoxy) is 2. The van der Waals surface area contributed by atoms with E-state index in [0.717, 1.165) is 46.9 Å². The van der Waals surface area contributed by atoms with E-state index in [2.05, 4.69) is 10.6 Å². The normalized spacial score (nSPS) is 10.9. The summed E-state index contributed by atoms with van der Waals surface area (Å²) >= 11 is 6.20. The van der Waals surface area contributed by atoms with Gasteiger partial charge in [-0.3, -0.25) is 0 Å². The van der Waals surface area contributed by atoms with Crippen molar-refractivity contribution in [2.24, 2.45) is 0 Å². The fourth-order valence-corrected chi connectivity index (χ4v) is 3.48. The predicted molar refractivity (Wildman–Crippen MR) is 113 cm³/mol. The molecule has 5 heteroatoms. The molecule has 4 aromatic rings. The Bertz CT molecular complexity index is 1090. The van der Waals surface area contributed by atoms with Gasteiger partial charge in [0.05, 0.1) is 24.8 Å². The summed E-state index contributed by atoms with van der Waals surface area (Å²) in [6, 6.07) is 23.7. The summed E-state index contributed by atoms with van der Waals surface area (Å²) in [5.41, 5.74) is 3.09. The van der Waals surface area contributed by atoms with Crippen LogP contribution in [0.1, 0.15) is 6.42 Å². The van der Waals surface area contributed by atoms with E-state index < -0.39 is 0 Å². The summed E-state index contributed by atoms with van der Waals surface area (Å²) in [5.74, 6) is 2.42. The first-order chi connectivity index (χ1) is 13.8. The molecular formula is C23H21ClN2O2. The van der Waals surface area contributed by atoms with Gasteiger partial charge in [-0.1, -0.05) is 48.0 Å². The van der Waals surface area contributed by atoms with E-state index in [9.17, 15) is 0 Å². The van der Waals surface area contributed by atoms with Crippen molar-refractivity contribution in [3.63, 3.8) is 0 Å². The summed E-state index contributed by atoms with van der Waals surface area (Å²) in [6.45, 7) is 1.37. The molecule has 142 valence electrons. The lowest BCUT2D eigenvalue weighted by molar-refractivity contribution is 0.283. The lowest BCUT2D eigenvalue weighted by Gasteiger charge is -2.12. The van der Waals surface area contributed by atoms with Gasteiger partial charge >= 0.3 is 0 Å². The Balaban J connectivity index is 1.55. The highest BCUT2D eigenvalue weighted by Gasteiger charge is 2.12. The van der Waals surface area contributed by atoms with E-state index in [1.54, 1.807) is 7.11 Å². The first kappa shape index (κ1) is 18.4. The maximum absolute atomic E-state index is 6.20. The standard InChI is InChI=1S/C23H21ClN2O2/c1-27-21-12-4-5-13-22(21)28-15-7-14-26-20-11-3-2-10-19(20)25-23(26)17-8-6-9-18(24)16-17/h2-6,8-13,16H,7,14-15H2,1H3. The SMILES string of the molecule is COc1ccccc1OCCCn1c(-c2cccc(Cl)c2)nc2ccccc21. The summed E-state index contributed by atoms with van der Waals surface area (Å²) in [7, 11) is 1.65. The number of methoxy groups -OCH3 is 1. The van der Waals surface area contributed by atoms with Crippen LogP contribution in [0.5, 0.6) is 11.5 Å². The number of hydrogen-bond donors (Lipinski definition) is 0. The average molecular weight is 393 g/mol. The fraction of sp³-hybridized carbons (Fsp3) is 0.174. The van der Waals surface area contributed by atoms with E-state index in [4.69, 9.17) is 26.1 Å². The average Bonchev–Trinajstić information content (AvgIpc) is 3.10. The van der Waals surface area contributed by atoms with Crippen LogP contribution in [0.4, 0.5) is 0 Å². The van der Waals surface area contributed by atoms with Crippen molar-refractivity contribution in [3.8, 4) is 22.9 Å². The van der Waals surface area contributed by atoms with Crippen molar-refractivity contribution in [1.29, 1.82) is 0 Å². The zero-order valence-electron chi connectivity index (χ0n) is 15.6. The molecule has 0 spiro atoms. The third-order valence-electron chi connectivity index (χ3n) is 4.59. The Morgan fingerprint density at radius 1 is 0.929 bits per heavy atom. The number of aryl methyl sites for hydroxylation is 1. The molecule has 0 unspecified atom stereocenters. The summed E-state index contributed by atoms with van der Waals surface area (Å²) in [5, 5.41) is 0.704. The molecule has 0 bridgehead atoms. The molecule has 0 saturated carbocycles. The number of aromatic nitrogens is 2. The van der Waals surface area contributed by atoms with Gasteiger partial charge in [0.25, 0.3) is 0 Å². The second-order valence-electron chi connectivity index (χ2n) is 6.44. The van der Waals surface area contributed by atoms with Gasteiger partial charge in [0.2, 0.25) is 0 Å². The molecular weight excluding hydrogens is 372 g/mol. The molecule has 0 aliphatic carbocycles. The highest BCUT2D eigenvalue weighted by atomic mass is 35.5. The Kier molecular flexibility index (Phi) is 5.49. The molecule has 4 nitrogen and oxygen atoms in total. The highest BCUT2D eigenvalue weighted by molar-refractivity contribution is 6.30. The number of nitrogens with zero attached hydrogens (tertiary/aromatic N) is 2. The Labute approximate surface area is 169 Å². The third-order valence-corrected chi connectivity index (χ3v) is 4.83. The van der Waals surface area contributed by atoms with Gasteiger partial charge < -0.3 is 14.0 Å². The number of fused-ring (bicyclic) bond motifs is 1. The topological polar surface area (TPSA) is 36.3 Å². The zero-order valence-corrected chi connectivity index (χ0v) is 16.4. The van der Waals surface area contributed by atoms with Crippen LogP contribution in [0, 0.1) is 0 Å². The number of benzene rings is 3. The highest BCUT2D eigenvalue weighted by Crippen LogP contribution is 2.28. The summed E-state index contributed by atoms with van der Waals surface area (Å²) in [6.07, 6.45) is 0.839. The summed E-state index contributed by atoms with van der Waals surface area (Å²) < 4.78 is 13.5.